The maximum atomic E-state index is 11.7. The molecule has 0 saturated heterocycles. The Labute approximate surface area is 270 Å². The van der Waals surface area contributed by atoms with E-state index in [0.29, 0.717) is 47.5 Å². The largest absolute Gasteiger partial charge is 0.397 e. The van der Waals surface area contributed by atoms with Gasteiger partial charge in [-0.3, -0.25) is 4.55 Å². The van der Waals surface area contributed by atoms with Crippen LogP contribution in [0.2, 0.25) is 0 Å². The van der Waals surface area contributed by atoms with Crippen molar-refractivity contribution in [3.8, 4) is 0 Å². The van der Waals surface area contributed by atoms with Crippen LogP contribution in [0.3, 0.4) is 0 Å². The van der Waals surface area contributed by atoms with E-state index in [2.05, 4.69) is 24.5 Å². The molecule has 4 saturated carbocycles. The molecule has 260 valence electrons. The van der Waals surface area contributed by atoms with E-state index < -0.39 is 16.5 Å². The van der Waals surface area contributed by atoms with Gasteiger partial charge in [0, 0.05) is 6.04 Å². The van der Waals surface area contributed by atoms with Crippen LogP contribution in [-0.2, 0) is 14.6 Å². The normalized spacial score (nSPS) is 37.5. The van der Waals surface area contributed by atoms with Gasteiger partial charge in [-0.1, -0.05) is 48.0 Å². The van der Waals surface area contributed by atoms with Crippen molar-refractivity contribution in [2.45, 2.75) is 150 Å². The molecule has 0 spiro atoms. The number of hydrogen-bond donors (Lipinski definition) is 5. The molecular weight excluding hydrogens is 574 g/mol. The molecule has 0 aromatic heterocycles. The molecule has 0 aromatic carbocycles. The fourth-order valence-electron chi connectivity index (χ4n) is 10.2. The Kier molecular flexibility index (Phi) is 14.9. The molecule has 0 aromatic rings. The van der Waals surface area contributed by atoms with Crippen molar-refractivity contribution in [1.29, 1.82) is 0 Å². The van der Waals surface area contributed by atoms with Crippen LogP contribution in [0.15, 0.2) is 0 Å². The Hall–Kier alpha value is -0.290. The highest BCUT2D eigenvalue weighted by molar-refractivity contribution is 7.80. The number of nitrogens with one attached hydrogen (secondary N) is 2. The molecule has 4 fully saturated rings. The fraction of sp³-hybridized carbons (Fsp3) is 1.00. The van der Waals surface area contributed by atoms with Crippen molar-refractivity contribution in [1.82, 2.24) is 10.6 Å². The molecule has 8 nitrogen and oxygen atoms in total. The summed E-state index contributed by atoms with van der Waals surface area (Å²) < 4.78 is 36.8. The van der Waals surface area contributed by atoms with E-state index in [9.17, 15) is 18.1 Å². The molecule has 9 unspecified atom stereocenters. The van der Waals surface area contributed by atoms with Crippen LogP contribution in [0, 0.1) is 46.3 Å². The first-order chi connectivity index (χ1) is 20.9. The second kappa shape index (κ2) is 17.2. The molecule has 10 atom stereocenters. The molecule has 44 heavy (non-hydrogen) atoms. The summed E-state index contributed by atoms with van der Waals surface area (Å²) in [6.07, 6.45) is 14.9. The maximum Gasteiger partial charge on any atom is 0.397 e. The highest BCUT2D eigenvalue weighted by atomic mass is 32.3. The van der Waals surface area contributed by atoms with Crippen molar-refractivity contribution in [2.75, 3.05) is 26.2 Å². The lowest BCUT2D eigenvalue weighted by molar-refractivity contribution is -0.165. The van der Waals surface area contributed by atoms with Crippen LogP contribution >= 0.6 is 0 Å². The number of hydrogen-bond acceptors (Lipinski definition) is 7. The lowest BCUT2D eigenvalue weighted by atomic mass is 9.44. The van der Waals surface area contributed by atoms with Gasteiger partial charge in [0.15, 0.2) is 0 Å². The van der Waals surface area contributed by atoms with Gasteiger partial charge >= 0.3 is 10.4 Å². The van der Waals surface area contributed by atoms with Gasteiger partial charge in [-0.05, 0) is 156 Å². The molecule has 4 aliphatic carbocycles. The highest BCUT2D eigenvalue weighted by Gasteiger charge is 2.62. The van der Waals surface area contributed by atoms with Crippen molar-refractivity contribution < 1.29 is 22.3 Å². The number of aliphatic hydroxyl groups is 1. The predicted molar refractivity (Wildman–Crippen MR) is 181 cm³/mol. The molecule has 9 heteroatoms. The summed E-state index contributed by atoms with van der Waals surface area (Å²) >= 11 is 0. The number of rotatable bonds is 16. The number of aliphatic hydroxyl groups excluding tert-OH is 1. The van der Waals surface area contributed by atoms with E-state index in [1.807, 2.05) is 27.7 Å². The standard InChI is InChI=1S/C33H63N3O5S.C2H6/c1-23(2)30(41-42(38,39)40)10-7-9-24-11-12-27-31-28(14-16-32(24,27)3)33(4)15-13-26(21-25(33)22-29(31)37)36-20-8-19-35-18-6-5-17-34;1-2/h23-31,35-37H,5-22,34H2,1-4H3,(H,38,39,40);1-2H3/t24?,25-,26?,27?,28?,29?,30?,31?,32?,33?;/m1./s1. The summed E-state index contributed by atoms with van der Waals surface area (Å²) in [7, 11) is -4.44. The molecule has 0 bridgehead atoms. The van der Waals surface area contributed by atoms with Gasteiger partial charge in [-0.2, -0.15) is 8.42 Å². The minimum atomic E-state index is -4.44. The summed E-state index contributed by atoms with van der Waals surface area (Å²) in [6.45, 7) is 16.9. The Morgan fingerprint density at radius 1 is 0.909 bits per heavy atom. The summed E-state index contributed by atoms with van der Waals surface area (Å²) in [5.41, 5.74) is 6.16. The van der Waals surface area contributed by atoms with Gasteiger partial charge in [0.2, 0.25) is 0 Å². The Morgan fingerprint density at radius 3 is 2.27 bits per heavy atom. The summed E-state index contributed by atoms with van der Waals surface area (Å²) in [4.78, 5) is 0. The molecule has 0 amide bonds. The minimum absolute atomic E-state index is 0.0271. The first-order valence-corrected chi connectivity index (χ1v) is 19.7. The summed E-state index contributed by atoms with van der Waals surface area (Å²) in [6, 6.07) is 0.577. The van der Waals surface area contributed by atoms with Crippen molar-refractivity contribution in [3.63, 3.8) is 0 Å². The number of nitrogens with two attached hydrogens (primary N) is 1. The third-order valence-electron chi connectivity index (χ3n) is 12.7. The summed E-state index contributed by atoms with van der Waals surface area (Å²) in [5.74, 6) is 2.85. The van der Waals surface area contributed by atoms with E-state index in [4.69, 9.17) is 9.92 Å². The monoisotopic (exact) mass is 643 g/mol. The molecule has 6 N–H and O–H groups in total. The first kappa shape index (κ1) is 38.2. The number of unbranched alkanes of at least 4 members (excludes halogenated alkanes) is 1. The smallest absolute Gasteiger partial charge is 0.393 e. The van der Waals surface area contributed by atoms with Gasteiger partial charge in [-0.25, -0.2) is 4.18 Å². The average molecular weight is 644 g/mol. The van der Waals surface area contributed by atoms with Gasteiger partial charge in [0.1, 0.15) is 0 Å². The van der Waals surface area contributed by atoms with Crippen LogP contribution < -0.4 is 16.4 Å². The SMILES string of the molecule is CC.CC(C)C(CCCC1CCC2C3C(O)C[C@H]4CC(NCCCNCCCCN)CCC4(C)C3CCC12C)OS(=O)(=O)O. The van der Waals surface area contributed by atoms with Crippen molar-refractivity contribution >= 4 is 10.4 Å². The van der Waals surface area contributed by atoms with E-state index >= 15 is 0 Å². The third-order valence-corrected chi connectivity index (χ3v) is 13.2. The van der Waals surface area contributed by atoms with E-state index in [0.717, 1.165) is 64.7 Å². The molecule has 0 aliphatic heterocycles. The van der Waals surface area contributed by atoms with Crippen LogP contribution in [0.4, 0.5) is 0 Å². The van der Waals surface area contributed by atoms with E-state index in [-0.39, 0.29) is 17.4 Å². The minimum Gasteiger partial charge on any atom is -0.393 e. The van der Waals surface area contributed by atoms with Gasteiger partial charge in [0.25, 0.3) is 0 Å². The topological polar surface area (TPSA) is 134 Å². The lowest BCUT2D eigenvalue weighted by Gasteiger charge is -2.62. The zero-order valence-electron chi connectivity index (χ0n) is 29.0. The van der Waals surface area contributed by atoms with Crippen LogP contribution in [-0.4, -0.2) is 62.5 Å². The third kappa shape index (κ3) is 9.41. The molecule has 4 rings (SSSR count). The fourth-order valence-corrected chi connectivity index (χ4v) is 10.9. The Morgan fingerprint density at radius 2 is 1.59 bits per heavy atom. The highest BCUT2D eigenvalue weighted by Crippen LogP contribution is 2.68. The Balaban J connectivity index is 0.00000259. The predicted octanol–water partition coefficient (Wildman–Crippen LogP) is 6.33. The van der Waals surface area contributed by atoms with Crippen molar-refractivity contribution in [2.24, 2.45) is 52.1 Å². The molecule has 0 radical (unpaired) electrons. The quantitative estimate of drug-likeness (QED) is 0.0973. The van der Waals surface area contributed by atoms with Gasteiger partial charge in [0.05, 0.1) is 12.2 Å². The molecule has 0 heterocycles. The summed E-state index contributed by atoms with van der Waals surface area (Å²) in [5, 5.41) is 19.1. The molecular formula is C35H69N3O5S. The van der Waals surface area contributed by atoms with E-state index in [1.54, 1.807) is 0 Å². The van der Waals surface area contributed by atoms with Crippen LogP contribution in [0.1, 0.15) is 131 Å². The van der Waals surface area contributed by atoms with Gasteiger partial charge in [-0.15, -0.1) is 0 Å². The first-order valence-electron chi connectivity index (χ1n) is 18.4. The maximum absolute atomic E-state index is 11.7. The zero-order chi connectivity index (χ0) is 32.5. The Bertz CT molecular complexity index is 951. The molecule has 4 aliphatic rings. The number of fused-ring (bicyclic) bond motifs is 5. The second-order valence-corrected chi connectivity index (χ2v) is 16.4. The van der Waals surface area contributed by atoms with Crippen LogP contribution in [0.5, 0.6) is 0 Å². The second-order valence-electron chi connectivity index (χ2n) is 15.4. The van der Waals surface area contributed by atoms with Crippen molar-refractivity contribution in [3.05, 3.63) is 0 Å². The average Bonchev–Trinajstić information content (AvgIpc) is 3.31. The zero-order valence-corrected chi connectivity index (χ0v) is 29.8. The lowest BCUT2D eigenvalue weighted by Crippen LogP contribution is -2.59. The van der Waals surface area contributed by atoms with Crippen LogP contribution in [0.25, 0.3) is 0 Å². The van der Waals surface area contributed by atoms with E-state index in [1.165, 1.54) is 44.9 Å². The van der Waals surface area contributed by atoms with Gasteiger partial charge < -0.3 is 21.5 Å².